The molecule has 0 bridgehead atoms. The number of carboxylic acids is 1. The number of aromatic nitrogens is 7. The summed E-state index contributed by atoms with van der Waals surface area (Å²) in [7, 11) is 0. The van der Waals surface area contributed by atoms with Crippen molar-refractivity contribution in [2.75, 3.05) is 13.1 Å². The van der Waals surface area contributed by atoms with E-state index in [0.717, 1.165) is 0 Å². The molecule has 61 heavy (non-hydrogen) atoms. The number of aryl methyl sites for hydroxylation is 2. The van der Waals surface area contributed by atoms with Gasteiger partial charge >= 0.3 is 5.97 Å². The van der Waals surface area contributed by atoms with E-state index >= 15 is 0 Å². The van der Waals surface area contributed by atoms with Crippen LogP contribution in [0.3, 0.4) is 0 Å². The van der Waals surface area contributed by atoms with Crippen LogP contribution in [0.5, 0.6) is 0 Å². The molecule has 0 aliphatic heterocycles. The second-order valence-corrected chi connectivity index (χ2v) is 12.8. The van der Waals surface area contributed by atoms with Crippen LogP contribution in [0.1, 0.15) is 56.0 Å². The number of carboxylic acid groups (broad SMARTS) is 1. The molecule has 0 spiro atoms. The SMILES string of the molecule is Cc1cc(-c2cncc(C(=O)NCC(O)c3coc(-c4ccc(F)cc4)n3)c2)no1.Cc1nc(-c2cncc(C(=O)O)c2)no1.NCC(O)c1coc(-c2ccc(F)cc2)n1. The Hall–Kier alpha value is -7.81. The van der Waals surface area contributed by atoms with Gasteiger partial charge in [0.1, 0.15) is 59.2 Å². The number of amides is 1. The topological polar surface area (TPSA) is 276 Å². The molecule has 0 radical (unpaired) electrons. The van der Waals surface area contributed by atoms with Gasteiger partial charge in [-0.3, -0.25) is 14.8 Å². The Morgan fingerprint density at radius 2 is 1.26 bits per heavy atom. The third-order valence-corrected chi connectivity index (χ3v) is 8.28. The fourth-order valence-electron chi connectivity index (χ4n) is 5.15. The maximum atomic E-state index is 13.0. The fraction of sp³-hybridized carbons (Fsp3) is 0.146. The third-order valence-electron chi connectivity index (χ3n) is 8.28. The molecule has 20 heteroatoms. The summed E-state index contributed by atoms with van der Waals surface area (Å²) in [6, 6.07) is 16.2. The molecule has 312 valence electrons. The smallest absolute Gasteiger partial charge is 0.337 e. The molecule has 8 rings (SSSR count). The number of nitrogens with two attached hydrogens (primary N) is 1. The molecule has 0 fully saturated rings. The van der Waals surface area contributed by atoms with Crippen molar-refractivity contribution in [3.63, 3.8) is 0 Å². The number of hydrogen-bond donors (Lipinski definition) is 5. The molecule has 18 nitrogen and oxygen atoms in total. The first-order valence-electron chi connectivity index (χ1n) is 18.0. The van der Waals surface area contributed by atoms with Crippen LogP contribution in [0.15, 0.2) is 122 Å². The second kappa shape index (κ2) is 19.8. The Labute approximate surface area is 343 Å². The van der Waals surface area contributed by atoms with Crippen LogP contribution in [0.2, 0.25) is 0 Å². The predicted octanol–water partition coefficient (Wildman–Crippen LogP) is 5.91. The van der Waals surface area contributed by atoms with E-state index in [0.29, 0.717) is 62.6 Å². The van der Waals surface area contributed by atoms with Gasteiger partial charge in [-0.1, -0.05) is 10.3 Å². The van der Waals surface area contributed by atoms with E-state index in [9.17, 15) is 28.6 Å². The lowest BCUT2D eigenvalue weighted by Crippen LogP contribution is -2.28. The first kappa shape index (κ1) is 42.8. The molecule has 6 aromatic heterocycles. The Balaban J connectivity index is 0.000000169. The van der Waals surface area contributed by atoms with Gasteiger partial charge in [0, 0.05) is 73.1 Å². The minimum absolute atomic E-state index is 0.0788. The maximum Gasteiger partial charge on any atom is 0.337 e. The summed E-state index contributed by atoms with van der Waals surface area (Å²) in [6.45, 7) is 3.43. The number of pyridine rings is 2. The number of nitrogens with one attached hydrogen (secondary N) is 1. The van der Waals surface area contributed by atoms with Gasteiger partial charge in [-0.05, 0) is 67.6 Å². The molecule has 1 amide bonds. The van der Waals surface area contributed by atoms with E-state index < -0.39 is 24.1 Å². The van der Waals surface area contributed by atoms with Crippen LogP contribution >= 0.6 is 0 Å². The number of hydrogen-bond acceptors (Lipinski definition) is 16. The van der Waals surface area contributed by atoms with Gasteiger partial charge < -0.3 is 44.3 Å². The number of aliphatic hydroxyl groups is 2. The van der Waals surface area contributed by atoms with Crippen molar-refractivity contribution in [2.45, 2.75) is 26.1 Å². The molecule has 6 N–H and O–H groups in total. The summed E-state index contributed by atoms with van der Waals surface area (Å²) in [5.41, 5.74) is 9.28. The lowest BCUT2D eigenvalue weighted by Gasteiger charge is -2.09. The van der Waals surface area contributed by atoms with Crippen LogP contribution in [0, 0.1) is 25.5 Å². The van der Waals surface area contributed by atoms with Crippen molar-refractivity contribution in [2.24, 2.45) is 5.73 Å². The summed E-state index contributed by atoms with van der Waals surface area (Å²) < 4.78 is 46.0. The van der Waals surface area contributed by atoms with E-state index in [1.807, 2.05) is 0 Å². The normalized spacial score (nSPS) is 11.7. The average Bonchev–Trinajstić information content (AvgIpc) is 4.12. The summed E-state index contributed by atoms with van der Waals surface area (Å²) in [6.07, 6.45) is 6.46. The van der Waals surface area contributed by atoms with Crippen LogP contribution in [0.4, 0.5) is 8.78 Å². The van der Waals surface area contributed by atoms with Crippen molar-refractivity contribution >= 4 is 11.9 Å². The molecule has 2 aromatic carbocycles. The number of aliphatic hydroxyl groups excluding tert-OH is 2. The minimum atomic E-state index is -1.08. The third kappa shape index (κ3) is 11.4. The molecule has 2 atom stereocenters. The van der Waals surface area contributed by atoms with Crippen molar-refractivity contribution in [1.29, 1.82) is 0 Å². The average molecular weight is 836 g/mol. The number of nitrogens with zero attached hydrogens (tertiary/aromatic N) is 7. The minimum Gasteiger partial charge on any atom is -0.478 e. The lowest BCUT2D eigenvalue weighted by molar-refractivity contribution is 0.0696. The first-order chi connectivity index (χ1) is 29.4. The number of oxazole rings is 2. The van der Waals surface area contributed by atoms with E-state index in [2.05, 4.69) is 40.6 Å². The Morgan fingerprint density at radius 1 is 0.705 bits per heavy atom. The molecular weight excluding hydrogens is 801 g/mol. The molecule has 8 aromatic rings. The Morgan fingerprint density at radius 3 is 1.79 bits per heavy atom. The van der Waals surface area contributed by atoms with Crippen LogP contribution in [-0.4, -0.2) is 75.5 Å². The molecular formula is C41H35F2N9O9. The van der Waals surface area contributed by atoms with E-state index in [4.69, 9.17) is 28.7 Å². The monoisotopic (exact) mass is 835 g/mol. The van der Waals surface area contributed by atoms with Gasteiger partial charge in [0.25, 0.3) is 5.91 Å². The quantitative estimate of drug-likeness (QED) is 0.101. The molecule has 6 heterocycles. The zero-order chi connectivity index (χ0) is 43.5. The van der Waals surface area contributed by atoms with Crippen molar-refractivity contribution < 1.29 is 51.6 Å². The first-order valence-corrected chi connectivity index (χ1v) is 18.0. The summed E-state index contributed by atoms with van der Waals surface area (Å²) in [5.74, 6) is -0.152. The van der Waals surface area contributed by atoms with Gasteiger partial charge in [-0.25, -0.2) is 23.5 Å². The van der Waals surface area contributed by atoms with Crippen molar-refractivity contribution in [1.82, 2.24) is 40.6 Å². The highest BCUT2D eigenvalue weighted by Crippen LogP contribution is 2.24. The van der Waals surface area contributed by atoms with Crippen LogP contribution in [0.25, 0.3) is 45.6 Å². The lowest BCUT2D eigenvalue weighted by atomic mass is 10.1. The highest BCUT2D eigenvalue weighted by molar-refractivity contribution is 5.95. The Kier molecular flexibility index (Phi) is 13.9. The fourth-order valence-corrected chi connectivity index (χ4v) is 5.15. The molecule has 0 aliphatic rings. The van der Waals surface area contributed by atoms with E-state index in [-0.39, 0.29) is 41.9 Å². The largest absolute Gasteiger partial charge is 0.478 e. The van der Waals surface area contributed by atoms with Gasteiger partial charge in [0.2, 0.25) is 23.5 Å². The molecule has 0 saturated heterocycles. The van der Waals surface area contributed by atoms with Gasteiger partial charge in [0.05, 0.1) is 11.1 Å². The van der Waals surface area contributed by atoms with Gasteiger partial charge in [-0.15, -0.1) is 0 Å². The van der Waals surface area contributed by atoms with Crippen molar-refractivity contribution in [3.8, 4) is 45.6 Å². The molecule has 2 unspecified atom stereocenters. The number of carbonyl (C=O) groups is 2. The molecule has 0 aliphatic carbocycles. The zero-order valence-corrected chi connectivity index (χ0v) is 32.1. The van der Waals surface area contributed by atoms with Gasteiger partial charge in [-0.2, -0.15) is 4.98 Å². The molecule has 0 saturated carbocycles. The zero-order valence-electron chi connectivity index (χ0n) is 32.1. The Bertz CT molecular complexity index is 2700. The number of halogens is 2. The predicted molar refractivity (Wildman–Crippen MR) is 209 cm³/mol. The number of aromatic carboxylic acids is 1. The van der Waals surface area contributed by atoms with Crippen molar-refractivity contribution in [3.05, 3.63) is 150 Å². The van der Waals surface area contributed by atoms with Crippen LogP contribution < -0.4 is 11.1 Å². The second-order valence-electron chi connectivity index (χ2n) is 12.8. The highest BCUT2D eigenvalue weighted by Gasteiger charge is 2.18. The number of benzene rings is 2. The number of rotatable bonds is 11. The van der Waals surface area contributed by atoms with E-state index in [1.165, 1.54) is 73.6 Å². The van der Waals surface area contributed by atoms with Gasteiger partial charge in [0.15, 0.2) is 0 Å². The highest BCUT2D eigenvalue weighted by atomic mass is 19.1. The van der Waals surface area contributed by atoms with E-state index in [1.54, 1.807) is 44.3 Å². The number of carbonyl (C=O) groups excluding carboxylic acids is 1. The standard InChI is InChI=1S/C21H17FN4O4.C11H11FN2O2.C9H7N3O3/c1-12-6-17(26-30-12)14-7-15(9-23-8-14)20(28)24-10-19(27)18-11-29-21(25-18)13-2-4-16(22)5-3-13;12-8-3-1-7(2-4-8)11-14-9(6-16-11)10(15)5-13;1-5-11-8(12-15-5)6-2-7(9(13)14)4-10-3-6/h2-9,11,19,27H,10H2,1H3,(H,24,28);1-4,6,10,15H,5,13H2;2-4H,1H3,(H,13,14). The maximum absolute atomic E-state index is 13.0. The summed E-state index contributed by atoms with van der Waals surface area (Å²) in [4.78, 5) is 43.2. The summed E-state index contributed by atoms with van der Waals surface area (Å²) in [5, 5.41) is 38.7. The summed E-state index contributed by atoms with van der Waals surface area (Å²) >= 11 is 0. The van der Waals surface area contributed by atoms with Crippen LogP contribution in [-0.2, 0) is 0 Å².